The molecule has 3 aromatic rings. The average molecular weight is 286 g/mol. The molecule has 0 aliphatic rings. The van der Waals surface area contributed by atoms with Crippen molar-refractivity contribution in [2.75, 3.05) is 0 Å². The summed E-state index contributed by atoms with van der Waals surface area (Å²) in [6.07, 6.45) is 0. The minimum Gasteiger partial charge on any atom is -0.0587 e. The van der Waals surface area contributed by atoms with Crippen LogP contribution < -0.4 is 0 Å². The van der Waals surface area contributed by atoms with Gasteiger partial charge < -0.3 is 0 Å². The largest absolute Gasteiger partial charge is 0.0587 e. The van der Waals surface area contributed by atoms with Gasteiger partial charge in [0.05, 0.1) is 0 Å². The van der Waals surface area contributed by atoms with E-state index in [1.54, 1.807) is 0 Å². The van der Waals surface area contributed by atoms with Gasteiger partial charge in [-0.25, -0.2) is 0 Å². The molecular formula is C22H22. The van der Waals surface area contributed by atoms with Crippen molar-refractivity contribution in [1.82, 2.24) is 0 Å². The molecule has 0 atom stereocenters. The Morgan fingerprint density at radius 1 is 0.455 bits per heavy atom. The van der Waals surface area contributed by atoms with Gasteiger partial charge in [-0.05, 0) is 61.1 Å². The summed E-state index contributed by atoms with van der Waals surface area (Å²) in [6.45, 7) is 8.64. The summed E-state index contributed by atoms with van der Waals surface area (Å²) < 4.78 is 0. The fraction of sp³-hybridized carbons (Fsp3) is 0.182. The highest BCUT2D eigenvalue weighted by Crippen LogP contribution is 2.29. The topological polar surface area (TPSA) is 0 Å². The van der Waals surface area contributed by atoms with Crippen molar-refractivity contribution in [2.45, 2.75) is 27.7 Å². The maximum atomic E-state index is 2.24. The van der Waals surface area contributed by atoms with Crippen molar-refractivity contribution in [2.24, 2.45) is 0 Å². The minimum absolute atomic E-state index is 1.28. The van der Waals surface area contributed by atoms with E-state index in [2.05, 4.69) is 88.4 Å². The molecule has 0 aliphatic carbocycles. The Morgan fingerprint density at radius 2 is 0.818 bits per heavy atom. The van der Waals surface area contributed by atoms with E-state index < -0.39 is 0 Å². The van der Waals surface area contributed by atoms with E-state index in [0.717, 1.165) is 0 Å². The quantitative estimate of drug-likeness (QED) is 0.522. The maximum Gasteiger partial charge on any atom is -0.0155 e. The minimum atomic E-state index is 1.28. The highest BCUT2D eigenvalue weighted by atomic mass is 14.1. The first kappa shape index (κ1) is 14.6. The molecule has 0 radical (unpaired) electrons. The van der Waals surface area contributed by atoms with Gasteiger partial charge in [-0.3, -0.25) is 0 Å². The van der Waals surface area contributed by atoms with Gasteiger partial charge in [0.1, 0.15) is 0 Å². The van der Waals surface area contributed by atoms with Gasteiger partial charge in [-0.2, -0.15) is 0 Å². The zero-order chi connectivity index (χ0) is 15.7. The summed E-state index contributed by atoms with van der Waals surface area (Å²) in [7, 11) is 0. The number of benzene rings is 3. The summed E-state index contributed by atoms with van der Waals surface area (Å²) in [6, 6.07) is 22.2. The van der Waals surface area contributed by atoms with Crippen LogP contribution in [0.5, 0.6) is 0 Å². The zero-order valence-corrected chi connectivity index (χ0v) is 13.8. The average Bonchev–Trinajstić information content (AvgIpc) is 2.48. The standard InChI is InChI=1S/C22H22/c1-15-5-11-21(17(3)13-15)19-7-9-20(10-8-19)22-12-6-16(2)14-18(22)4/h5-14H,1-4H3. The van der Waals surface area contributed by atoms with Gasteiger partial charge in [-0.1, -0.05) is 71.8 Å². The summed E-state index contributed by atoms with van der Waals surface area (Å²) in [5.41, 5.74) is 10.5. The van der Waals surface area contributed by atoms with Crippen molar-refractivity contribution in [3.8, 4) is 22.3 Å². The van der Waals surface area contributed by atoms with E-state index in [9.17, 15) is 0 Å². The van der Waals surface area contributed by atoms with Crippen molar-refractivity contribution in [1.29, 1.82) is 0 Å². The van der Waals surface area contributed by atoms with Crippen LogP contribution in [0.25, 0.3) is 22.3 Å². The van der Waals surface area contributed by atoms with Crippen molar-refractivity contribution >= 4 is 0 Å². The molecule has 3 aromatic carbocycles. The van der Waals surface area contributed by atoms with Crippen LogP contribution in [-0.4, -0.2) is 0 Å². The highest BCUT2D eigenvalue weighted by Gasteiger charge is 2.05. The lowest BCUT2D eigenvalue weighted by Gasteiger charge is -2.10. The molecule has 0 N–H and O–H groups in total. The molecule has 0 bridgehead atoms. The molecule has 3 rings (SSSR count). The smallest absolute Gasteiger partial charge is 0.0155 e. The molecule has 0 saturated heterocycles. The fourth-order valence-corrected chi connectivity index (χ4v) is 3.10. The lowest BCUT2D eigenvalue weighted by atomic mass is 9.94. The first-order valence-electron chi connectivity index (χ1n) is 7.80. The fourth-order valence-electron chi connectivity index (χ4n) is 3.10. The first-order chi connectivity index (χ1) is 10.5. The summed E-state index contributed by atoms with van der Waals surface area (Å²) >= 11 is 0. The van der Waals surface area contributed by atoms with Gasteiger partial charge in [0.15, 0.2) is 0 Å². The molecule has 0 unspecified atom stereocenters. The second-order valence-electron chi connectivity index (χ2n) is 6.21. The molecule has 0 amide bonds. The van der Waals surface area contributed by atoms with Crippen LogP contribution >= 0.6 is 0 Å². The number of rotatable bonds is 2. The van der Waals surface area contributed by atoms with Gasteiger partial charge in [0.25, 0.3) is 0 Å². The highest BCUT2D eigenvalue weighted by molar-refractivity contribution is 5.73. The van der Waals surface area contributed by atoms with E-state index in [-0.39, 0.29) is 0 Å². The molecule has 110 valence electrons. The van der Waals surface area contributed by atoms with Crippen molar-refractivity contribution in [3.63, 3.8) is 0 Å². The third-order valence-electron chi connectivity index (χ3n) is 4.27. The SMILES string of the molecule is Cc1ccc(-c2ccc(-c3ccc(C)cc3C)cc2)c(C)c1. The summed E-state index contributed by atoms with van der Waals surface area (Å²) in [5.74, 6) is 0. The Balaban J connectivity index is 1.99. The molecule has 0 aliphatic heterocycles. The number of hydrogen-bond acceptors (Lipinski definition) is 0. The molecule has 0 fully saturated rings. The van der Waals surface area contributed by atoms with E-state index in [1.807, 2.05) is 0 Å². The normalized spacial score (nSPS) is 10.7. The van der Waals surface area contributed by atoms with Gasteiger partial charge in [-0.15, -0.1) is 0 Å². The van der Waals surface area contributed by atoms with Gasteiger partial charge in [0, 0.05) is 0 Å². The Labute approximate surface area is 133 Å². The van der Waals surface area contributed by atoms with Crippen LogP contribution in [0.3, 0.4) is 0 Å². The number of hydrogen-bond donors (Lipinski definition) is 0. The van der Waals surface area contributed by atoms with E-state index in [1.165, 1.54) is 44.5 Å². The van der Waals surface area contributed by atoms with E-state index >= 15 is 0 Å². The second-order valence-corrected chi connectivity index (χ2v) is 6.21. The second kappa shape index (κ2) is 5.81. The van der Waals surface area contributed by atoms with Crippen molar-refractivity contribution < 1.29 is 0 Å². The van der Waals surface area contributed by atoms with Crippen LogP contribution in [0.15, 0.2) is 60.7 Å². The van der Waals surface area contributed by atoms with Gasteiger partial charge >= 0.3 is 0 Å². The molecule has 0 saturated carbocycles. The molecule has 0 spiro atoms. The van der Waals surface area contributed by atoms with Crippen LogP contribution in [0, 0.1) is 27.7 Å². The monoisotopic (exact) mass is 286 g/mol. The zero-order valence-electron chi connectivity index (χ0n) is 13.8. The maximum absolute atomic E-state index is 2.24. The van der Waals surface area contributed by atoms with E-state index in [4.69, 9.17) is 0 Å². The Kier molecular flexibility index (Phi) is 3.85. The predicted octanol–water partition coefficient (Wildman–Crippen LogP) is 6.25. The molecule has 0 heteroatoms. The van der Waals surface area contributed by atoms with Gasteiger partial charge in [0.2, 0.25) is 0 Å². The Bertz CT molecular complexity index is 737. The molecule has 0 nitrogen and oxygen atoms in total. The van der Waals surface area contributed by atoms with Crippen LogP contribution in [0.2, 0.25) is 0 Å². The molecule has 22 heavy (non-hydrogen) atoms. The molecule has 0 aromatic heterocycles. The Hall–Kier alpha value is -2.34. The summed E-state index contributed by atoms with van der Waals surface area (Å²) in [5, 5.41) is 0. The third kappa shape index (κ3) is 2.82. The van der Waals surface area contributed by atoms with Crippen molar-refractivity contribution in [3.05, 3.63) is 82.9 Å². The predicted molar refractivity (Wildman–Crippen MR) is 96.3 cm³/mol. The first-order valence-corrected chi connectivity index (χ1v) is 7.80. The van der Waals surface area contributed by atoms with E-state index in [0.29, 0.717) is 0 Å². The van der Waals surface area contributed by atoms with Crippen LogP contribution in [-0.2, 0) is 0 Å². The lowest BCUT2D eigenvalue weighted by Crippen LogP contribution is -1.87. The number of aryl methyl sites for hydroxylation is 4. The van der Waals surface area contributed by atoms with Crippen LogP contribution in [0.4, 0.5) is 0 Å². The molecular weight excluding hydrogens is 264 g/mol. The summed E-state index contributed by atoms with van der Waals surface area (Å²) in [4.78, 5) is 0. The lowest BCUT2D eigenvalue weighted by molar-refractivity contribution is 1.37. The van der Waals surface area contributed by atoms with Crippen LogP contribution in [0.1, 0.15) is 22.3 Å². The third-order valence-corrected chi connectivity index (χ3v) is 4.27. The molecule has 0 heterocycles. The Morgan fingerprint density at radius 3 is 1.14 bits per heavy atom.